The van der Waals surface area contributed by atoms with E-state index in [9.17, 15) is 4.79 Å². The molecule has 4 nitrogen and oxygen atoms in total. The third-order valence-corrected chi connectivity index (χ3v) is 2.92. The summed E-state index contributed by atoms with van der Waals surface area (Å²) >= 11 is 0. The number of amides is 1. The lowest BCUT2D eigenvalue weighted by Crippen LogP contribution is -2.34. The minimum atomic E-state index is -0.343. The van der Waals surface area contributed by atoms with Gasteiger partial charge < -0.3 is 10.6 Å². The summed E-state index contributed by atoms with van der Waals surface area (Å²) in [5.41, 5.74) is 7.56. The SMILES string of the molecule is CC(C)c1ccc(N2CC[C@@H](N)C2=O)cn1. The highest BCUT2D eigenvalue weighted by Crippen LogP contribution is 2.21. The van der Waals surface area contributed by atoms with Crippen molar-refractivity contribution in [3.63, 3.8) is 0 Å². The van der Waals surface area contributed by atoms with Crippen molar-refractivity contribution in [1.29, 1.82) is 0 Å². The summed E-state index contributed by atoms with van der Waals surface area (Å²) in [6.07, 6.45) is 2.48. The second kappa shape index (κ2) is 4.22. The number of carbonyl (C=O) groups excluding carboxylic acids is 1. The summed E-state index contributed by atoms with van der Waals surface area (Å²) in [4.78, 5) is 17.8. The Kier molecular flexibility index (Phi) is 2.92. The number of aromatic nitrogens is 1. The Balaban J connectivity index is 2.19. The molecule has 2 N–H and O–H groups in total. The molecule has 1 saturated heterocycles. The number of nitrogens with two attached hydrogens (primary N) is 1. The molecule has 0 aromatic carbocycles. The molecule has 0 saturated carbocycles. The fourth-order valence-electron chi connectivity index (χ4n) is 1.86. The van der Waals surface area contributed by atoms with Gasteiger partial charge in [0.1, 0.15) is 0 Å². The number of hydrogen-bond acceptors (Lipinski definition) is 3. The van der Waals surface area contributed by atoms with Gasteiger partial charge >= 0.3 is 0 Å². The van der Waals surface area contributed by atoms with Crippen molar-refractivity contribution in [1.82, 2.24) is 4.98 Å². The molecule has 1 atom stereocenters. The molecule has 0 bridgehead atoms. The number of rotatable bonds is 2. The molecule has 86 valence electrons. The first-order valence-electron chi connectivity index (χ1n) is 5.62. The lowest BCUT2D eigenvalue weighted by atomic mass is 10.1. The predicted molar refractivity (Wildman–Crippen MR) is 63.3 cm³/mol. The van der Waals surface area contributed by atoms with Crippen LogP contribution < -0.4 is 10.6 Å². The fraction of sp³-hybridized carbons (Fsp3) is 0.500. The van der Waals surface area contributed by atoms with Crippen LogP contribution in [0.5, 0.6) is 0 Å². The Labute approximate surface area is 95.5 Å². The zero-order valence-electron chi connectivity index (χ0n) is 9.68. The number of anilines is 1. The molecule has 4 heteroatoms. The first kappa shape index (κ1) is 11.1. The van der Waals surface area contributed by atoms with Gasteiger partial charge in [0.25, 0.3) is 0 Å². The van der Waals surface area contributed by atoms with E-state index in [-0.39, 0.29) is 11.9 Å². The van der Waals surface area contributed by atoms with Gasteiger partial charge in [0.05, 0.1) is 17.9 Å². The first-order chi connectivity index (χ1) is 7.59. The molecule has 0 aliphatic carbocycles. The van der Waals surface area contributed by atoms with Crippen LogP contribution in [0.15, 0.2) is 18.3 Å². The van der Waals surface area contributed by atoms with Crippen LogP contribution in [-0.2, 0) is 4.79 Å². The summed E-state index contributed by atoms with van der Waals surface area (Å²) in [6, 6.07) is 3.57. The quantitative estimate of drug-likeness (QED) is 0.814. The van der Waals surface area contributed by atoms with Crippen LogP contribution in [0, 0.1) is 0 Å². The van der Waals surface area contributed by atoms with E-state index >= 15 is 0 Å². The monoisotopic (exact) mass is 219 g/mol. The van der Waals surface area contributed by atoms with Gasteiger partial charge in [-0.05, 0) is 24.5 Å². The molecule has 1 aliphatic rings. The van der Waals surface area contributed by atoms with Gasteiger partial charge in [0, 0.05) is 12.2 Å². The zero-order chi connectivity index (χ0) is 11.7. The van der Waals surface area contributed by atoms with Crippen LogP contribution >= 0.6 is 0 Å². The van der Waals surface area contributed by atoms with Crippen molar-refractivity contribution in [2.45, 2.75) is 32.2 Å². The smallest absolute Gasteiger partial charge is 0.244 e. The van der Waals surface area contributed by atoms with Crippen molar-refractivity contribution < 1.29 is 4.79 Å². The van der Waals surface area contributed by atoms with Crippen LogP contribution in [0.3, 0.4) is 0 Å². The van der Waals surface area contributed by atoms with E-state index in [0.29, 0.717) is 12.5 Å². The minimum absolute atomic E-state index is 0.000836. The summed E-state index contributed by atoms with van der Waals surface area (Å²) in [6.45, 7) is 4.89. The van der Waals surface area contributed by atoms with E-state index in [1.54, 1.807) is 11.1 Å². The van der Waals surface area contributed by atoms with Crippen LogP contribution in [0.2, 0.25) is 0 Å². The van der Waals surface area contributed by atoms with Crippen LogP contribution in [-0.4, -0.2) is 23.5 Å². The van der Waals surface area contributed by atoms with E-state index in [0.717, 1.165) is 17.8 Å². The molecule has 1 aromatic heterocycles. The van der Waals surface area contributed by atoms with E-state index in [4.69, 9.17) is 5.73 Å². The van der Waals surface area contributed by atoms with Gasteiger partial charge in [-0.15, -0.1) is 0 Å². The Bertz CT molecular complexity index is 386. The fourth-order valence-corrected chi connectivity index (χ4v) is 1.86. The Morgan fingerprint density at radius 1 is 1.50 bits per heavy atom. The Morgan fingerprint density at radius 3 is 2.69 bits per heavy atom. The number of carbonyl (C=O) groups is 1. The van der Waals surface area contributed by atoms with Gasteiger partial charge in [-0.3, -0.25) is 9.78 Å². The largest absolute Gasteiger partial charge is 0.320 e. The molecule has 0 unspecified atom stereocenters. The Hall–Kier alpha value is -1.42. The zero-order valence-corrected chi connectivity index (χ0v) is 9.68. The summed E-state index contributed by atoms with van der Waals surface area (Å²) in [7, 11) is 0. The topological polar surface area (TPSA) is 59.2 Å². The highest BCUT2D eigenvalue weighted by atomic mass is 16.2. The van der Waals surface area contributed by atoms with Crippen molar-refractivity contribution in [3.8, 4) is 0 Å². The van der Waals surface area contributed by atoms with Gasteiger partial charge in [0.15, 0.2) is 0 Å². The molecule has 1 aromatic rings. The molecule has 0 spiro atoms. The van der Waals surface area contributed by atoms with Crippen LogP contribution in [0.4, 0.5) is 5.69 Å². The van der Waals surface area contributed by atoms with Crippen molar-refractivity contribution >= 4 is 11.6 Å². The maximum absolute atomic E-state index is 11.7. The van der Waals surface area contributed by atoms with E-state index < -0.39 is 0 Å². The second-order valence-electron chi connectivity index (χ2n) is 4.48. The third-order valence-electron chi connectivity index (χ3n) is 2.92. The molecule has 2 rings (SSSR count). The molecule has 1 amide bonds. The van der Waals surface area contributed by atoms with Crippen LogP contribution in [0.25, 0.3) is 0 Å². The predicted octanol–water partition coefficient (Wildman–Crippen LogP) is 1.27. The summed E-state index contributed by atoms with van der Waals surface area (Å²) < 4.78 is 0. The number of nitrogens with zero attached hydrogens (tertiary/aromatic N) is 2. The maximum atomic E-state index is 11.7. The highest BCUT2D eigenvalue weighted by molar-refractivity contribution is 5.99. The highest BCUT2D eigenvalue weighted by Gasteiger charge is 2.29. The maximum Gasteiger partial charge on any atom is 0.244 e. The minimum Gasteiger partial charge on any atom is -0.320 e. The van der Waals surface area contributed by atoms with E-state index in [1.807, 2.05) is 12.1 Å². The van der Waals surface area contributed by atoms with Gasteiger partial charge in [-0.1, -0.05) is 13.8 Å². The van der Waals surface area contributed by atoms with E-state index in [2.05, 4.69) is 18.8 Å². The van der Waals surface area contributed by atoms with Crippen molar-refractivity contribution in [3.05, 3.63) is 24.0 Å². The van der Waals surface area contributed by atoms with Gasteiger partial charge in [-0.2, -0.15) is 0 Å². The molecule has 16 heavy (non-hydrogen) atoms. The second-order valence-corrected chi connectivity index (χ2v) is 4.48. The third kappa shape index (κ3) is 1.93. The Morgan fingerprint density at radius 2 is 2.25 bits per heavy atom. The molecular weight excluding hydrogens is 202 g/mol. The van der Waals surface area contributed by atoms with Gasteiger partial charge in [0.2, 0.25) is 5.91 Å². The number of pyridine rings is 1. The molecular formula is C12H17N3O. The molecule has 1 fully saturated rings. The normalized spacial score (nSPS) is 20.9. The van der Waals surface area contributed by atoms with Crippen LogP contribution in [0.1, 0.15) is 31.9 Å². The summed E-state index contributed by atoms with van der Waals surface area (Å²) in [5.74, 6) is 0.407. The molecule has 1 aliphatic heterocycles. The van der Waals surface area contributed by atoms with Crippen molar-refractivity contribution in [2.24, 2.45) is 5.73 Å². The standard InChI is InChI=1S/C12H17N3O/c1-8(2)11-4-3-9(7-14-11)15-6-5-10(13)12(15)16/h3-4,7-8,10H,5-6,13H2,1-2H3/t10-/m1/s1. The molecule has 2 heterocycles. The average Bonchev–Trinajstić information content (AvgIpc) is 2.60. The summed E-state index contributed by atoms with van der Waals surface area (Å²) in [5, 5.41) is 0. The first-order valence-corrected chi connectivity index (χ1v) is 5.62. The van der Waals surface area contributed by atoms with E-state index in [1.165, 1.54) is 0 Å². The molecule has 0 radical (unpaired) electrons. The lowest BCUT2D eigenvalue weighted by molar-refractivity contribution is -0.118. The van der Waals surface area contributed by atoms with Crippen molar-refractivity contribution in [2.75, 3.05) is 11.4 Å². The lowest BCUT2D eigenvalue weighted by Gasteiger charge is -2.16. The number of hydrogen-bond donors (Lipinski definition) is 1. The van der Waals surface area contributed by atoms with Gasteiger partial charge in [-0.25, -0.2) is 0 Å². The average molecular weight is 219 g/mol.